The largest absolute Gasteiger partial charge is 0.492 e. The van der Waals surface area contributed by atoms with E-state index in [1.165, 1.54) is 57.6 Å². The molecule has 0 bridgehead atoms. The number of fused-ring (bicyclic) bond motifs is 1. The van der Waals surface area contributed by atoms with E-state index in [9.17, 15) is 4.39 Å². The van der Waals surface area contributed by atoms with E-state index in [-0.39, 0.29) is 5.82 Å². The number of ether oxygens (including phenoxy) is 1. The Hall–Kier alpha value is -1.13. The van der Waals surface area contributed by atoms with E-state index in [1.807, 2.05) is 0 Å². The second kappa shape index (κ2) is 6.55. The third kappa shape index (κ3) is 3.49. The highest BCUT2D eigenvalue weighted by Gasteiger charge is 2.28. The van der Waals surface area contributed by atoms with Crippen molar-refractivity contribution in [3.05, 3.63) is 30.1 Å². The van der Waals surface area contributed by atoms with E-state index in [2.05, 4.69) is 9.80 Å². The molecule has 1 aromatic carbocycles. The number of nitrogens with zero attached hydrogens (tertiary/aromatic N) is 2. The standard InChI is InChI=1S/C16H23FN2O/c17-14-4-6-16(7-5-14)20-12-11-18-8-2-10-19-9-1-3-15(19)13-18/h4-7,15H,1-3,8-13H2/t15-/m0/s1. The molecular formula is C16H23FN2O. The molecule has 110 valence electrons. The van der Waals surface area contributed by atoms with Gasteiger partial charge in [0.1, 0.15) is 18.2 Å². The average molecular weight is 278 g/mol. The van der Waals surface area contributed by atoms with Gasteiger partial charge in [-0.2, -0.15) is 0 Å². The lowest BCUT2D eigenvalue weighted by Crippen LogP contribution is -2.38. The summed E-state index contributed by atoms with van der Waals surface area (Å²) in [7, 11) is 0. The van der Waals surface area contributed by atoms with Gasteiger partial charge in [0, 0.05) is 19.1 Å². The Labute approximate surface area is 120 Å². The molecule has 3 nitrogen and oxygen atoms in total. The number of hydrogen-bond acceptors (Lipinski definition) is 3. The van der Waals surface area contributed by atoms with Gasteiger partial charge in [0.05, 0.1) is 0 Å². The van der Waals surface area contributed by atoms with Crippen LogP contribution in [-0.4, -0.2) is 55.2 Å². The van der Waals surface area contributed by atoms with Crippen LogP contribution in [0.4, 0.5) is 4.39 Å². The first-order valence-electron chi connectivity index (χ1n) is 7.66. The van der Waals surface area contributed by atoms with E-state index >= 15 is 0 Å². The van der Waals surface area contributed by atoms with Crippen molar-refractivity contribution in [2.45, 2.75) is 25.3 Å². The molecule has 0 unspecified atom stereocenters. The Morgan fingerprint density at radius 1 is 1.10 bits per heavy atom. The van der Waals surface area contributed by atoms with Gasteiger partial charge in [0.2, 0.25) is 0 Å². The Kier molecular flexibility index (Phi) is 4.53. The molecule has 0 saturated carbocycles. The minimum atomic E-state index is -0.216. The summed E-state index contributed by atoms with van der Waals surface area (Å²) in [6, 6.07) is 7.02. The highest BCUT2D eigenvalue weighted by molar-refractivity contribution is 5.21. The smallest absolute Gasteiger partial charge is 0.123 e. The van der Waals surface area contributed by atoms with Crippen molar-refractivity contribution in [1.29, 1.82) is 0 Å². The van der Waals surface area contributed by atoms with Gasteiger partial charge in [-0.05, 0) is 63.2 Å². The molecule has 2 saturated heterocycles. The lowest BCUT2D eigenvalue weighted by molar-refractivity contribution is 0.188. The van der Waals surface area contributed by atoms with Crippen LogP contribution in [0, 0.1) is 5.82 Å². The highest BCUT2D eigenvalue weighted by atomic mass is 19.1. The number of benzene rings is 1. The molecule has 4 heteroatoms. The van der Waals surface area contributed by atoms with Crippen molar-refractivity contribution in [3.8, 4) is 5.75 Å². The van der Waals surface area contributed by atoms with Crippen molar-refractivity contribution < 1.29 is 9.13 Å². The van der Waals surface area contributed by atoms with Gasteiger partial charge in [0.15, 0.2) is 0 Å². The quantitative estimate of drug-likeness (QED) is 0.841. The van der Waals surface area contributed by atoms with E-state index in [1.54, 1.807) is 12.1 Å². The van der Waals surface area contributed by atoms with Crippen LogP contribution < -0.4 is 4.74 Å². The summed E-state index contributed by atoms with van der Waals surface area (Å²) in [6.45, 7) is 6.51. The van der Waals surface area contributed by atoms with Gasteiger partial charge in [-0.15, -0.1) is 0 Å². The average Bonchev–Trinajstić information content (AvgIpc) is 2.80. The second-order valence-electron chi connectivity index (χ2n) is 5.79. The van der Waals surface area contributed by atoms with Gasteiger partial charge in [-0.25, -0.2) is 4.39 Å². The fourth-order valence-electron chi connectivity index (χ4n) is 3.31. The van der Waals surface area contributed by atoms with Crippen molar-refractivity contribution in [3.63, 3.8) is 0 Å². The summed E-state index contributed by atoms with van der Waals surface area (Å²) in [5.41, 5.74) is 0. The number of halogens is 1. The van der Waals surface area contributed by atoms with Gasteiger partial charge >= 0.3 is 0 Å². The zero-order valence-corrected chi connectivity index (χ0v) is 11.9. The molecule has 0 radical (unpaired) electrons. The minimum Gasteiger partial charge on any atom is -0.492 e. The molecule has 1 aromatic rings. The summed E-state index contributed by atoms with van der Waals surface area (Å²) >= 11 is 0. The van der Waals surface area contributed by atoms with Crippen LogP contribution in [0.25, 0.3) is 0 Å². The SMILES string of the molecule is Fc1ccc(OCCN2CCCN3CCC[C@H]3C2)cc1. The highest BCUT2D eigenvalue weighted by Crippen LogP contribution is 2.21. The molecule has 1 atom stereocenters. The van der Waals surface area contributed by atoms with E-state index in [0.717, 1.165) is 18.3 Å². The summed E-state index contributed by atoms with van der Waals surface area (Å²) in [4.78, 5) is 5.15. The zero-order valence-electron chi connectivity index (χ0n) is 11.9. The third-order valence-corrected chi connectivity index (χ3v) is 4.38. The summed E-state index contributed by atoms with van der Waals surface area (Å²) < 4.78 is 18.5. The van der Waals surface area contributed by atoms with Crippen molar-refractivity contribution in [2.24, 2.45) is 0 Å². The first-order chi connectivity index (χ1) is 9.81. The van der Waals surface area contributed by atoms with E-state index < -0.39 is 0 Å². The fourth-order valence-corrected chi connectivity index (χ4v) is 3.31. The molecule has 3 rings (SSSR count). The molecule has 0 N–H and O–H groups in total. The van der Waals surface area contributed by atoms with E-state index in [0.29, 0.717) is 6.61 Å². The van der Waals surface area contributed by atoms with Crippen LogP contribution in [0.5, 0.6) is 5.75 Å². The molecule has 2 heterocycles. The van der Waals surface area contributed by atoms with E-state index in [4.69, 9.17) is 4.74 Å². The van der Waals surface area contributed by atoms with Gasteiger partial charge in [0.25, 0.3) is 0 Å². The maximum atomic E-state index is 12.8. The van der Waals surface area contributed by atoms with Crippen LogP contribution in [0.15, 0.2) is 24.3 Å². The number of hydrogen-bond donors (Lipinski definition) is 0. The fraction of sp³-hybridized carbons (Fsp3) is 0.625. The topological polar surface area (TPSA) is 15.7 Å². The molecule has 0 aromatic heterocycles. The zero-order chi connectivity index (χ0) is 13.8. The Morgan fingerprint density at radius 2 is 1.90 bits per heavy atom. The molecule has 0 amide bonds. The lowest BCUT2D eigenvalue weighted by atomic mass is 10.2. The molecule has 0 aliphatic carbocycles. The molecule has 2 aliphatic rings. The maximum absolute atomic E-state index is 12.8. The predicted octanol–water partition coefficient (Wildman–Crippen LogP) is 2.37. The molecular weight excluding hydrogens is 255 g/mol. The van der Waals surface area contributed by atoms with Gasteiger partial charge < -0.3 is 4.74 Å². The second-order valence-corrected chi connectivity index (χ2v) is 5.79. The van der Waals surface area contributed by atoms with Gasteiger partial charge in [-0.1, -0.05) is 0 Å². The van der Waals surface area contributed by atoms with Crippen LogP contribution in [0.1, 0.15) is 19.3 Å². The molecule has 0 spiro atoms. The van der Waals surface area contributed by atoms with Crippen molar-refractivity contribution >= 4 is 0 Å². The first kappa shape index (κ1) is 13.8. The summed E-state index contributed by atoms with van der Waals surface area (Å²) in [5, 5.41) is 0. The third-order valence-electron chi connectivity index (χ3n) is 4.38. The van der Waals surface area contributed by atoms with Gasteiger partial charge in [-0.3, -0.25) is 9.80 Å². The van der Waals surface area contributed by atoms with Crippen LogP contribution in [0.3, 0.4) is 0 Å². The Balaban J connectivity index is 1.44. The predicted molar refractivity (Wildman–Crippen MR) is 77.5 cm³/mol. The monoisotopic (exact) mass is 278 g/mol. The summed E-state index contributed by atoms with van der Waals surface area (Å²) in [6.07, 6.45) is 3.95. The van der Waals surface area contributed by atoms with Crippen LogP contribution >= 0.6 is 0 Å². The van der Waals surface area contributed by atoms with Crippen LogP contribution in [-0.2, 0) is 0 Å². The van der Waals surface area contributed by atoms with Crippen molar-refractivity contribution in [2.75, 3.05) is 39.3 Å². The number of rotatable bonds is 4. The van der Waals surface area contributed by atoms with Crippen molar-refractivity contribution in [1.82, 2.24) is 9.80 Å². The lowest BCUT2D eigenvalue weighted by Gasteiger charge is -2.25. The summed E-state index contributed by atoms with van der Waals surface area (Å²) in [5.74, 6) is 0.537. The maximum Gasteiger partial charge on any atom is 0.123 e. The molecule has 20 heavy (non-hydrogen) atoms. The molecule has 2 fully saturated rings. The Morgan fingerprint density at radius 3 is 2.75 bits per heavy atom. The normalized spacial score (nSPS) is 24.4. The Bertz CT molecular complexity index is 423. The minimum absolute atomic E-state index is 0.216. The van der Waals surface area contributed by atoms with Crippen LogP contribution in [0.2, 0.25) is 0 Å². The molecule has 2 aliphatic heterocycles. The first-order valence-corrected chi connectivity index (χ1v) is 7.66.